The van der Waals surface area contributed by atoms with E-state index in [9.17, 15) is 4.79 Å². The van der Waals surface area contributed by atoms with Gasteiger partial charge < -0.3 is 5.32 Å². The fourth-order valence-corrected chi connectivity index (χ4v) is 1.99. The Bertz CT molecular complexity index is 583. The molecule has 17 heavy (non-hydrogen) atoms. The van der Waals surface area contributed by atoms with E-state index in [2.05, 4.69) is 27.5 Å². The molecule has 0 saturated heterocycles. The van der Waals surface area contributed by atoms with Gasteiger partial charge in [-0.25, -0.2) is 9.89 Å². The SMILES string of the molecule is CC(CNc1ccc2n[nH]c(=O)n2n1)C1CC1. The van der Waals surface area contributed by atoms with Gasteiger partial charge in [0.1, 0.15) is 5.82 Å². The zero-order valence-electron chi connectivity index (χ0n) is 9.68. The molecule has 1 unspecified atom stereocenters. The van der Waals surface area contributed by atoms with Crippen molar-refractivity contribution in [3.63, 3.8) is 0 Å². The number of anilines is 1. The quantitative estimate of drug-likeness (QED) is 0.821. The maximum absolute atomic E-state index is 11.3. The molecular formula is C11H15N5O. The van der Waals surface area contributed by atoms with Crippen LogP contribution in [-0.4, -0.2) is 26.4 Å². The molecule has 1 aliphatic rings. The van der Waals surface area contributed by atoms with E-state index in [-0.39, 0.29) is 5.69 Å². The van der Waals surface area contributed by atoms with Crippen LogP contribution in [0.2, 0.25) is 0 Å². The summed E-state index contributed by atoms with van der Waals surface area (Å²) >= 11 is 0. The molecule has 0 aliphatic heterocycles. The molecule has 1 saturated carbocycles. The van der Waals surface area contributed by atoms with Crippen LogP contribution in [0.3, 0.4) is 0 Å². The fraction of sp³-hybridized carbons (Fsp3) is 0.545. The summed E-state index contributed by atoms with van der Waals surface area (Å²) < 4.78 is 1.27. The number of nitrogens with one attached hydrogen (secondary N) is 2. The number of hydrogen-bond donors (Lipinski definition) is 2. The molecule has 0 aromatic carbocycles. The second-order valence-corrected chi connectivity index (χ2v) is 4.71. The minimum Gasteiger partial charge on any atom is -0.368 e. The third-order valence-corrected chi connectivity index (χ3v) is 3.31. The van der Waals surface area contributed by atoms with Gasteiger partial charge in [0.25, 0.3) is 0 Å². The van der Waals surface area contributed by atoms with Crippen molar-refractivity contribution in [3.8, 4) is 0 Å². The van der Waals surface area contributed by atoms with Crippen molar-refractivity contribution in [2.45, 2.75) is 19.8 Å². The number of nitrogens with zero attached hydrogens (tertiary/aromatic N) is 3. The van der Waals surface area contributed by atoms with E-state index >= 15 is 0 Å². The standard InChI is InChI=1S/C11H15N5O/c1-7(8-2-3-8)6-12-9-4-5-10-13-14-11(17)16(10)15-9/h4-5,7-8H,2-3,6H2,1H3,(H,12,15)(H,14,17). The lowest BCUT2D eigenvalue weighted by molar-refractivity contribution is 0.535. The first-order chi connectivity index (χ1) is 8.24. The lowest BCUT2D eigenvalue weighted by Crippen LogP contribution is -2.17. The van der Waals surface area contributed by atoms with Crippen LogP contribution in [0.15, 0.2) is 16.9 Å². The largest absolute Gasteiger partial charge is 0.368 e. The Morgan fingerprint density at radius 3 is 3.18 bits per heavy atom. The van der Waals surface area contributed by atoms with Crippen LogP contribution in [0.5, 0.6) is 0 Å². The van der Waals surface area contributed by atoms with Gasteiger partial charge in [0.05, 0.1) is 0 Å². The summed E-state index contributed by atoms with van der Waals surface area (Å²) in [6, 6.07) is 3.62. The molecule has 2 N–H and O–H groups in total. The summed E-state index contributed by atoms with van der Waals surface area (Å²) in [5.74, 6) is 2.24. The van der Waals surface area contributed by atoms with Gasteiger partial charge in [-0.15, -0.1) is 5.10 Å². The highest BCUT2D eigenvalue weighted by Gasteiger charge is 2.27. The molecule has 0 bridgehead atoms. The first-order valence-electron chi connectivity index (χ1n) is 5.92. The van der Waals surface area contributed by atoms with Crippen molar-refractivity contribution in [1.82, 2.24) is 19.8 Å². The van der Waals surface area contributed by atoms with Crippen LogP contribution in [0, 0.1) is 11.8 Å². The van der Waals surface area contributed by atoms with E-state index < -0.39 is 0 Å². The molecular weight excluding hydrogens is 218 g/mol. The molecule has 1 atom stereocenters. The summed E-state index contributed by atoms with van der Waals surface area (Å²) in [7, 11) is 0. The van der Waals surface area contributed by atoms with Gasteiger partial charge in [-0.3, -0.25) is 0 Å². The zero-order chi connectivity index (χ0) is 11.8. The summed E-state index contributed by atoms with van der Waals surface area (Å²) in [5, 5.41) is 13.6. The monoisotopic (exact) mass is 233 g/mol. The van der Waals surface area contributed by atoms with Gasteiger partial charge >= 0.3 is 5.69 Å². The number of H-pyrrole nitrogens is 1. The first-order valence-corrected chi connectivity index (χ1v) is 5.92. The Morgan fingerprint density at radius 1 is 1.59 bits per heavy atom. The van der Waals surface area contributed by atoms with Crippen LogP contribution in [-0.2, 0) is 0 Å². The molecule has 2 heterocycles. The van der Waals surface area contributed by atoms with Gasteiger partial charge in [-0.1, -0.05) is 6.92 Å². The molecule has 0 amide bonds. The van der Waals surface area contributed by atoms with Crippen LogP contribution >= 0.6 is 0 Å². The number of rotatable bonds is 4. The van der Waals surface area contributed by atoms with Crippen molar-refractivity contribution in [2.24, 2.45) is 11.8 Å². The number of aromatic nitrogens is 4. The van der Waals surface area contributed by atoms with E-state index in [0.29, 0.717) is 17.4 Å². The summed E-state index contributed by atoms with van der Waals surface area (Å²) in [6.07, 6.45) is 2.69. The highest BCUT2D eigenvalue weighted by atomic mass is 16.2. The van der Waals surface area contributed by atoms with Crippen molar-refractivity contribution in [3.05, 3.63) is 22.6 Å². The average Bonchev–Trinajstić information content (AvgIpc) is 3.12. The molecule has 6 nitrogen and oxygen atoms in total. The van der Waals surface area contributed by atoms with Gasteiger partial charge in [0.2, 0.25) is 0 Å². The first kappa shape index (κ1) is 10.3. The Balaban J connectivity index is 1.75. The Kier molecular flexibility index (Phi) is 2.35. The highest BCUT2D eigenvalue weighted by molar-refractivity contribution is 5.42. The molecule has 1 aliphatic carbocycles. The number of fused-ring (bicyclic) bond motifs is 1. The van der Waals surface area contributed by atoms with Gasteiger partial charge in [-0.05, 0) is 36.8 Å². The van der Waals surface area contributed by atoms with Crippen LogP contribution < -0.4 is 11.0 Å². The van der Waals surface area contributed by atoms with Gasteiger partial charge in [0.15, 0.2) is 5.65 Å². The Labute approximate surface area is 98.0 Å². The second-order valence-electron chi connectivity index (χ2n) is 4.71. The molecule has 3 rings (SSSR count). The summed E-state index contributed by atoms with van der Waals surface area (Å²) in [5.41, 5.74) is 0.231. The zero-order valence-corrected chi connectivity index (χ0v) is 9.68. The van der Waals surface area contributed by atoms with E-state index in [0.717, 1.165) is 12.5 Å². The van der Waals surface area contributed by atoms with Crippen LogP contribution in [0.1, 0.15) is 19.8 Å². The number of aromatic amines is 1. The fourth-order valence-electron chi connectivity index (χ4n) is 1.99. The van der Waals surface area contributed by atoms with Crippen molar-refractivity contribution >= 4 is 11.5 Å². The maximum atomic E-state index is 11.3. The minimum atomic E-state index is -0.307. The van der Waals surface area contributed by atoms with E-state index in [1.54, 1.807) is 6.07 Å². The molecule has 6 heteroatoms. The normalized spacial score (nSPS) is 17.2. The van der Waals surface area contributed by atoms with Gasteiger partial charge in [-0.2, -0.15) is 9.61 Å². The third-order valence-electron chi connectivity index (χ3n) is 3.31. The van der Waals surface area contributed by atoms with Gasteiger partial charge in [0, 0.05) is 6.54 Å². The average molecular weight is 233 g/mol. The highest BCUT2D eigenvalue weighted by Crippen LogP contribution is 2.36. The summed E-state index contributed by atoms with van der Waals surface area (Å²) in [4.78, 5) is 11.3. The molecule has 0 radical (unpaired) electrons. The topological polar surface area (TPSA) is 75.1 Å². The molecule has 0 spiro atoms. The van der Waals surface area contributed by atoms with Crippen molar-refractivity contribution in [1.29, 1.82) is 0 Å². The van der Waals surface area contributed by atoms with Crippen molar-refractivity contribution in [2.75, 3.05) is 11.9 Å². The second kappa shape index (κ2) is 3.87. The van der Waals surface area contributed by atoms with Crippen LogP contribution in [0.4, 0.5) is 5.82 Å². The van der Waals surface area contributed by atoms with E-state index in [1.165, 1.54) is 17.4 Å². The maximum Gasteiger partial charge on any atom is 0.364 e. The Hall–Kier alpha value is -1.85. The lowest BCUT2D eigenvalue weighted by atomic mass is 10.1. The predicted octanol–water partition coefficient (Wildman–Crippen LogP) is 0.876. The Morgan fingerprint density at radius 2 is 2.41 bits per heavy atom. The molecule has 1 fully saturated rings. The molecule has 90 valence electrons. The lowest BCUT2D eigenvalue weighted by Gasteiger charge is -2.11. The third kappa shape index (κ3) is 2.02. The van der Waals surface area contributed by atoms with Crippen LogP contribution in [0.25, 0.3) is 5.65 Å². The van der Waals surface area contributed by atoms with Crippen molar-refractivity contribution < 1.29 is 0 Å². The number of hydrogen-bond acceptors (Lipinski definition) is 4. The molecule has 2 aromatic rings. The predicted molar refractivity (Wildman–Crippen MR) is 64.0 cm³/mol. The van der Waals surface area contributed by atoms with E-state index in [1.807, 2.05) is 6.07 Å². The smallest absolute Gasteiger partial charge is 0.364 e. The van der Waals surface area contributed by atoms with E-state index in [4.69, 9.17) is 0 Å². The summed E-state index contributed by atoms with van der Waals surface area (Å²) in [6.45, 7) is 3.14. The minimum absolute atomic E-state index is 0.307. The molecule has 2 aromatic heterocycles.